The van der Waals surface area contributed by atoms with Crippen LogP contribution in [0.2, 0.25) is 0 Å². The highest BCUT2D eigenvalue weighted by Gasteiger charge is 2.39. The van der Waals surface area contributed by atoms with Crippen molar-refractivity contribution >= 4 is 12.0 Å². The molecule has 0 bridgehead atoms. The number of hydrogen-bond acceptors (Lipinski definition) is 4. The van der Waals surface area contributed by atoms with Gasteiger partial charge >= 0.3 is 12.0 Å². The second-order valence-corrected chi connectivity index (χ2v) is 5.63. The quantitative estimate of drug-likeness (QED) is 0.651. The van der Waals surface area contributed by atoms with Crippen molar-refractivity contribution < 1.29 is 19.8 Å². The zero-order valence-corrected chi connectivity index (χ0v) is 11.8. The van der Waals surface area contributed by atoms with Crippen molar-refractivity contribution in [3.8, 4) is 0 Å². The van der Waals surface area contributed by atoms with Crippen LogP contribution in [0.1, 0.15) is 19.8 Å². The average molecular weight is 285 g/mol. The van der Waals surface area contributed by atoms with E-state index in [2.05, 4.69) is 17.1 Å². The van der Waals surface area contributed by atoms with E-state index in [1.165, 1.54) is 4.90 Å². The first-order valence-corrected chi connectivity index (χ1v) is 7.19. The van der Waals surface area contributed by atoms with Crippen molar-refractivity contribution in [1.29, 1.82) is 0 Å². The van der Waals surface area contributed by atoms with Gasteiger partial charge in [0.15, 0.2) is 0 Å². The van der Waals surface area contributed by atoms with Crippen LogP contribution in [0.4, 0.5) is 4.79 Å². The molecule has 2 fully saturated rings. The van der Waals surface area contributed by atoms with Gasteiger partial charge in [-0.3, -0.25) is 0 Å². The fraction of sp³-hybridized carbons (Fsp3) is 0.846. The summed E-state index contributed by atoms with van der Waals surface area (Å²) in [4.78, 5) is 26.7. The van der Waals surface area contributed by atoms with Crippen LogP contribution in [-0.2, 0) is 4.79 Å². The Hall–Kier alpha value is -1.34. The monoisotopic (exact) mass is 285 g/mol. The minimum Gasteiger partial charge on any atom is -0.480 e. The summed E-state index contributed by atoms with van der Waals surface area (Å²) in [7, 11) is 0. The number of aliphatic hydroxyl groups is 1. The van der Waals surface area contributed by atoms with Crippen molar-refractivity contribution in [2.75, 3.05) is 32.7 Å². The number of nitrogens with zero attached hydrogens (tertiary/aromatic N) is 2. The molecule has 0 aromatic rings. The molecule has 2 amide bonds. The molecule has 0 aromatic carbocycles. The lowest BCUT2D eigenvalue weighted by molar-refractivity contribution is -0.141. The number of β-amino-alcohol motifs (C(OH)–C–C–N with tert-alkyl or cyclic N) is 1. The summed E-state index contributed by atoms with van der Waals surface area (Å²) in [5.41, 5.74) is 0. The van der Waals surface area contributed by atoms with E-state index < -0.39 is 18.1 Å². The second-order valence-electron chi connectivity index (χ2n) is 5.63. The highest BCUT2D eigenvalue weighted by molar-refractivity contribution is 5.83. The zero-order valence-electron chi connectivity index (χ0n) is 11.8. The van der Waals surface area contributed by atoms with Gasteiger partial charge in [-0.25, -0.2) is 9.59 Å². The number of carbonyl (C=O) groups excluding carboxylic acids is 1. The summed E-state index contributed by atoms with van der Waals surface area (Å²) in [6.45, 7) is 5.82. The Balaban J connectivity index is 1.81. The first-order valence-electron chi connectivity index (χ1n) is 7.19. The predicted octanol–water partition coefficient (Wildman–Crippen LogP) is -0.442. The zero-order chi connectivity index (χ0) is 14.7. The summed E-state index contributed by atoms with van der Waals surface area (Å²) in [6, 6.07) is -1.30. The fourth-order valence-corrected chi connectivity index (χ4v) is 2.97. The van der Waals surface area contributed by atoms with E-state index in [0.29, 0.717) is 12.5 Å². The minimum absolute atomic E-state index is 0.0918. The smallest absolute Gasteiger partial charge is 0.326 e. The molecule has 2 rings (SSSR count). The lowest BCUT2D eigenvalue weighted by Gasteiger charge is -2.22. The molecule has 2 saturated heterocycles. The first-order chi connectivity index (χ1) is 9.51. The topological polar surface area (TPSA) is 93.1 Å². The molecule has 0 saturated carbocycles. The van der Waals surface area contributed by atoms with E-state index in [1.54, 1.807) is 0 Å². The molecule has 7 heteroatoms. The van der Waals surface area contributed by atoms with Crippen molar-refractivity contribution in [1.82, 2.24) is 15.1 Å². The molecule has 2 aliphatic heterocycles. The minimum atomic E-state index is -1.06. The van der Waals surface area contributed by atoms with Gasteiger partial charge in [0.05, 0.1) is 6.10 Å². The summed E-state index contributed by atoms with van der Waals surface area (Å²) < 4.78 is 0. The van der Waals surface area contributed by atoms with Gasteiger partial charge in [-0.1, -0.05) is 6.92 Å². The van der Waals surface area contributed by atoms with E-state index in [9.17, 15) is 14.7 Å². The Morgan fingerprint density at radius 3 is 2.70 bits per heavy atom. The summed E-state index contributed by atoms with van der Waals surface area (Å²) in [6.07, 6.45) is 0.415. The molecule has 3 atom stereocenters. The molecule has 20 heavy (non-hydrogen) atoms. The third-order valence-corrected chi connectivity index (χ3v) is 4.18. The molecule has 2 heterocycles. The Morgan fingerprint density at radius 2 is 2.10 bits per heavy atom. The number of rotatable bonds is 4. The SMILES string of the molecule is CCN1CCC(CNC(=O)N2C[C@@H](O)C[C@H]2C(=O)O)C1. The number of carboxylic acids is 1. The van der Waals surface area contributed by atoms with E-state index in [0.717, 1.165) is 26.1 Å². The van der Waals surface area contributed by atoms with Gasteiger partial charge in [0.1, 0.15) is 6.04 Å². The highest BCUT2D eigenvalue weighted by Crippen LogP contribution is 2.19. The first kappa shape index (κ1) is 15.1. The number of carbonyl (C=O) groups is 2. The van der Waals surface area contributed by atoms with Crippen molar-refractivity contribution in [2.24, 2.45) is 5.92 Å². The second kappa shape index (κ2) is 6.41. The number of hydrogen-bond donors (Lipinski definition) is 3. The van der Waals surface area contributed by atoms with Crippen LogP contribution in [0.5, 0.6) is 0 Å². The maximum absolute atomic E-state index is 12.0. The maximum atomic E-state index is 12.0. The number of amides is 2. The third kappa shape index (κ3) is 3.40. The van der Waals surface area contributed by atoms with Gasteiger partial charge in [0, 0.05) is 26.1 Å². The summed E-state index contributed by atoms with van der Waals surface area (Å²) in [5.74, 6) is -0.635. The number of carboxylic acid groups (broad SMARTS) is 1. The normalized spacial score (nSPS) is 30.7. The predicted molar refractivity (Wildman–Crippen MR) is 72.4 cm³/mol. The number of aliphatic hydroxyl groups excluding tert-OH is 1. The largest absolute Gasteiger partial charge is 0.480 e. The molecule has 2 aliphatic rings. The van der Waals surface area contributed by atoms with Gasteiger partial charge in [0.25, 0.3) is 0 Å². The molecule has 3 N–H and O–H groups in total. The number of urea groups is 1. The number of likely N-dealkylation sites (tertiary alicyclic amines) is 2. The van der Waals surface area contributed by atoms with Crippen LogP contribution in [0, 0.1) is 5.92 Å². The van der Waals surface area contributed by atoms with Crippen molar-refractivity contribution in [3.63, 3.8) is 0 Å². The van der Waals surface area contributed by atoms with E-state index >= 15 is 0 Å². The average Bonchev–Trinajstić information content (AvgIpc) is 3.02. The lowest BCUT2D eigenvalue weighted by atomic mass is 10.1. The van der Waals surface area contributed by atoms with Gasteiger partial charge < -0.3 is 25.3 Å². The van der Waals surface area contributed by atoms with Crippen LogP contribution in [0.3, 0.4) is 0 Å². The molecule has 0 aliphatic carbocycles. The van der Waals surface area contributed by atoms with Gasteiger partial charge in [-0.2, -0.15) is 0 Å². The molecule has 0 radical (unpaired) electrons. The van der Waals surface area contributed by atoms with Crippen molar-refractivity contribution in [2.45, 2.75) is 31.9 Å². The standard InChI is InChI=1S/C13H23N3O4/c1-2-15-4-3-9(7-15)6-14-13(20)16-8-10(17)5-11(16)12(18)19/h9-11,17H,2-8H2,1H3,(H,14,20)(H,18,19)/t9?,10-,11-/m0/s1. The van der Waals surface area contributed by atoms with Crippen LogP contribution >= 0.6 is 0 Å². The maximum Gasteiger partial charge on any atom is 0.326 e. The summed E-state index contributed by atoms with van der Waals surface area (Å²) >= 11 is 0. The Bertz CT molecular complexity index is 377. The van der Waals surface area contributed by atoms with Crippen LogP contribution in [0.15, 0.2) is 0 Å². The Kier molecular flexibility index (Phi) is 4.82. The highest BCUT2D eigenvalue weighted by atomic mass is 16.4. The van der Waals surface area contributed by atoms with Gasteiger partial charge in [0.2, 0.25) is 0 Å². The Morgan fingerprint density at radius 1 is 1.35 bits per heavy atom. The van der Waals surface area contributed by atoms with Gasteiger partial charge in [-0.15, -0.1) is 0 Å². The fourth-order valence-electron chi connectivity index (χ4n) is 2.97. The molecular weight excluding hydrogens is 262 g/mol. The summed E-state index contributed by atoms with van der Waals surface area (Å²) in [5, 5.41) is 21.4. The lowest BCUT2D eigenvalue weighted by Crippen LogP contribution is -2.47. The molecule has 7 nitrogen and oxygen atoms in total. The third-order valence-electron chi connectivity index (χ3n) is 4.18. The molecule has 114 valence electrons. The number of nitrogens with one attached hydrogen (secondary N) is 1. The van der Waals surface area contributed by atoms with E-state index in [4.69, 9.17) is 5.11 Å². The molecule has 0 spiro atoms. The Labute approximate surface area is 118 Å². The molecule has 0 aromatic heterocycles. The van der Waals surface area contributed by atoms with Crippen molar-refractivity contribution in [3.05, 3.63) is 0 Å². The van der Waals surface area contributed by atoms with Gasteiger partial charge in [-0.05, 0) is 25.4 Å². The molecule has 1 unspecified atom stereocenters. The van der Waals surface area contributed by atoms with E-state index in [1.807, 2.05) is 0 Å². The van der Waals surface area contributed by atoms with Crippen LogP contribution in [0.25, 0.3) is 0 Å². The van der Waals surface area contributed by atoms with E-state index in [-0.39, 0.29) is 19.0 Å². The van der Waals surface area contributed by atoms with Crippen LogP contribution in [-0.4, -0.2) is 76.9 Å². The molecular formula is C13H23N3O4. The number of aliphatic carboxylic acids is 1. The van der Waals surface area contributed by atoms with Crippen LogP contribution < -0.4 is 5.32 Å².